The van der Waals surface area contributed by atoms with Gasteiger partial charge in [0.25, 0.3) is 0 Å². The normalized spacial score (nSPS) is 10.6. The SMILES string of the molecule is Nc1ccc2cc(OCCCBr)ccc2n1. The molecule has 1 aromatic heterocycles. The number of hydrogen-bond acceptors (Lipinski definition) is 3. The van der Waals surface area contributed by atoms with E-state index in [1.807, 2.05) is 24.3 Å². The van der Waals surface area contributed by atoms with E-state index in [0.717, 1.165) is 35.0 Å². The molecule has 0 amide bonds. The second-order valence-electron chi connectivity index (χ2n) is 3.48. The predicted molar refractivity (Wildman–Crippen MR) is 70.1 cm³/mol. The van der Waals surface area contributed by atoms with Crippen LogP contribution in [-0.2, 0) is 0 Å². The molecule has 1 aromatic carbocycles. The van der Waals surface area contributed by atoms with Gasteiger partial charge in [0.2, 0.25) is 0 Å². The molecule has 16 heavy (non-hydrogen) atoms. The minimum atomic E-state index is 0.542. The van der Waals surface area contributed by atoms with Gasteiger partial charge in [0.15, 0.2) is 0 Å². The number of ether oxygens (including phenoxy) is 1. The van der Waals surface area contributed by atoms with Gasteiger partial charge < -0.3 is 10.5 Å². The molecule has 0 aliphatic carbocycles. The Kier molecular flexibility index (Phi) is 3.62. The lowest BCUT2D eigenvalue weighted by molar-refractivity contribution is 0.319. The van der Waals surface area contributed by atoms with E-state index in [1.54, 1.807) is 6.07 Å². The molecule has 3 nitrogen and oxygen atoms in total. The molecule has 0 radical (unpaired) electrons. The number of alkyl halides is 1. The number of anilines is 1. The molecule has 0 fully saturated rings. The second-order valence-corrected chi connectivity index (χ2v) is 4.27. The molecule has 0 saturated heterocycles. The lowest BCUT2D eigenvalue weighted by Gasteiger charge is -2.06. The summed E-state index contributed by atoms with van der Waals surface area (Å²) in [5.74, 6) is 1.42. The number of halogens is 1. The van der Waals surface area contributed by atoms with Gasteiger partial charge in [0.1, 0.15) is 11.6 Å². The van der Waals surface area contributed by atoms with Gasteiger partial charge in [-0.25, -0.2) is 4.98 Å². The highest BCUT2D eigenvalue weighted by Gasteiger charge is 1.99. The largest absolute Gasteiger partial charge is 0.494 e. The average molecular weight is 281 g/mol. The van der Waals surface area contributed by atoms with Crippen molar-refractivity contribution in [1.82, 2.24) is 4.98 Å². The quantitative estimate of drug-likeness (QED) is 0.692. The van der Waals surface area contributed by atoms with Crippen molar-refractivity contribution in [3.05, 3.63) is 30.3 Å². The van der Waals surface area contributed by atoms with Crippen LogP contribution in [0.3, 0.4) is 0 Å². The summed E-state index contributed by atoms with van der Waals surface area (Å²) in [4.78, 5) is 4.23. The Balaban J connectivity index is 2.20. The third-order valence-electron chi connectivity index (χ3n) is 2.23. The predicted octanol–water partition coefficient (Wildman–Crippen LogP) is 2.98. The van der Waals surface area contributed by atoms with Gasteiger partial charge in [-0.1, -0.05) is 15.9 Å². The van der Waals surface area contributed by atoms with Crippen LogP contribution in [0.25, 0.3) is 10.9 Å². The summed E-state index contributed by atoms with van der Waals surface area (Å²) in [6, 6.07) is 9.58. The molecule has 2 aromatic rings. The fourth-order valence-electron chi connectivity index (χ4n) is 1.45. The van der Waals surface area contributed by atoms with E-state index in [4.69, 9.17) is 10.5 Å². The number of hydrogen-bond donors (Lipinski definition) is 1. The van der Waals surface area contributed by atoms with E-state index in [0.29, 0.717) is 5.82 Å². The van der Waals surface area contributed by atoms with Crippen LogP contribution in [0, 0.1) is 0 Å². The lowest BCUT2D eigenvalue weighted by atomic mass is 10.2. The van der Waals surface area contributed by atoms with Crippen molar-refractivity contribution < 1.29 is 4.74 Å². The molecule has 0 bridgehead atoms. The molecular weight excluding hydrogens is 268 g/mol. The average Bonchev–Trinajstić information content (AvgIpc) is 2.29. The molecule has 0 atom stereocenters. The maximum Gasteiger partial charge on any atom is 0.124 e. The third-order valence-corrected chi connectivity index (χ3v) is 2.79. The van der Waals surface area contributed by atoms with Crippen molar-refractivity contribution >= 4 is 32.7 Å². The summed E-state index contributed by atoms with van der Waals surface area (Å²) in [5, 5.41) is 2.00. The van der Waals surface area contributed by atoms with Crippen molar-refractivity contribution in [2.24, 2.45) is 0 Å². The summed E-state index contributed by atoms with van der Waals surface area (Å²) < 4.78 is 5.60. The number of nitrogens with zero attached hydrogens (tertiary/aromatic N) is 1. The van der Waals surface area contributed by atoms with Crippen LogP contribution >= 0.6 is 15.9 Å². The Bertz CT molecular complexity index is 487. The lowest BCUT2D eigenvalue weighted by Crippen LogP contribution is -1.97. The minimum Gasteiger partial charge on any atom is -0.494 e. The minimum absolute atomic E-state index is 0.542. The molecule has 4 heteroatoms. The molecule has 2 N–H and O–H groups in total. The van der Waals surface area contributed by atoms with E-state index in [1.165, 1.54) is 0 Å². The number of fused-ring (bicyclic) bond motifs is 1. The Hall–Kier alpha value is -1.29. The molecular formula is C12H13BrN2O. The van der Waals surface area contributed by atoms with Gasteiger partial charge in [-0.3, -0.25) is 0 Å². The Morgan fingerprint density at radius 3 is 2.94 bits per heavy atom. The highest BCUT2D eigenvalue weighted by molar-refractivity contribution is 9.09. The molecule has 2 rings (SSSR count). The monoisotopic (exact) mass is 280 g/mol. The zero-order chi connectivity index (χ0) is 11.4. The fraction of sp³-hybridized carbons (Fsp3) is 0.250. The van der Waals surface area contributed by atoms with E-state index in [9.17, 15) is 0 Å². The van der Waals surface area contributed by atoms with E-state index in [2.05, 4.69) is 20.9 Å². The molecule has 84 valence electrons. The number of benzene rings is 1. The number of nitrogens with two attached hydrogens (primary N) is 1. The molecule has 1 heterocycles. The van der Waals surface area contributed by atoms with Crippen molar-refractivity contribution in [1.29, 1.82) is 0 Å². The van der Waals surface area contributed by atoms with Gasteiger partial charge in [-0.05, 0) is 36.8 Å². The third kappa shape index (κ3) is 2.64. The Morgan fingerprint density at radius 1 is 1.25 bits per heavy atom. The van der Waals surface area contributed by atoms with E-state index < -0.39 is 0 Å². The van der Waals surface area contributed by atoms with Crippen LogP contribution in [-0.4, -0.2) is 16.9 Å². The van der Waals surface area contributed by atoms with Crippen molar-refractivity contribution in [2.45, 2.75) is 6.42 Å². The van der Waals surface area contributed by atoms with Gasteiger partial charge >= 0.3 is 0 Å². The summed E-state index contributed by atoms with van der Waals surface area (Å²) in [7, 11) is 0. The highest BCUT2D eigenvalue weighted by Crippen LogP contribution is 2.20. The van der Waals surface area contributed by atoms with Crippen LogP contribution < -0.4 is 10.5 Å². The van der Waals surface area contributed by atoms with Crippen LogP contribution in [0.5, 0.6) is 5.75 Å². The number of aromatic nitrogens is 1. The van der Waals surface area contributed by atoms with Gasteiger partial charge in [-0.2, -0.15) is 0 Å². The first kappa shape index (κ1) is 11.2. The second kappa shape index (κ2) is 5.16. The number of pyridine rings is 1. The molecule has 0 spiro atoms. The first-order chi connectivity index (χ1) is 7.79. The van der Waals surface area contributed by atoms with E-state index >= 15 is 0 Å². The van der Waals surface area contributed by atoms with Crippen LogP contribution in [0.4, 0.5) is 5.82 Å². The van der Waals surface area contributed by atoms with Crippen molar-refractivity contribution in [2.75, 3.05) is 17.7 Å². The summed E-state index contributed by atoms with van der Waals surface area (Å²) in [6.07, 6.45) is 0.998. The van der Waals surface area contributed by atoms with Crippen LogP contribution in [0.15, 0.2) is 30.3 Å². The highest BCUT2D eigenvalue weighted by atomic mass is 79.9. The first-order valence-corrected chi connectivity index (χ1v) is 6.27. The summed E-state index contributed by atoms with van der Waals surface area (Å²) in [6.45, 7) is 0.721. The maximum absolute atomic E-state index is 5.61. The number of nitrogen functional groups attached to an aromatic ring is 1. The molecule has 0 aliphatic heterocycles. The van der Waals surface area contributed by atoms with Crippen molar-refractivity contribution in [3.8, 4) is 5.75 Å². The first-order valence-electron chi connectivity index (χ1n) is 5.14. The van der Waals surface area contributed by atoms with Gasteiger partial charge in [-0.15, -0.1) is 0 Å². The zero-order valence-corrected chi connectivity index (χ0v) is 10.4. The fourth-order valence-corrected chi connectivity index (χ4v) is 1.68. The molecule has 0 saturated carbocycles. The molecule has 0 aliphatic rings. The van der Waals surface area contributed by atoms with Gasteiger partial charge in [0.05, 0.1) is 12.1 Å². The molecule has 0 unspecified atom stereocenters. The topological polar surface area (TPSA) is 48.1 Å². The maximum atomic E-state index is 5.61. The standard InChI is InChI=1S/C12H13BrN2O/c13-6-1-7-16-10-3-4-11-9(8-10)2-5-12(14)15-11/h2-5,8H,1,6-7H2,(H2,14,15). The summed E-state index contributed by atoms with van der Waals surface area (Å²) in [5.41, 5.74) is 6.51. The van der Waals surface area contributed by atoms with Crippen LogP contribution in [0.2, 0.25) is 0 Å². The zero-order valence-electron chi connectivity index (χ0n) is 8.82. The number of rotatable bonds is 4. The summed E-state index contributed by atoms with van der Waals surface area (Å²) >= 11 is 3.37. The van der Waals surface area contributed by atoms with E-state index in [-0.39, 0.29) is 0 Å². The Morgan fingerprint density at radius 2 is 2.12 bits per heavy atom. The van der Waals surface area contributed by atoms with Crippen LogP contribution in [0.1, 0.15) is 6.42 Å². The Labute approximate surface area is 103 Å². The smallest absolute Gasteiger partial charge is 0.124 e. The van der Waals surface area contributed by atoms with Crippen molar-refractivity contribution in [3.63, 3.8) is 0 Å². The van der Waals surface area contributed by atoms with Gasteiger partial charge in [0, 0.05) is 10.7 Å².